The minimum absolute atomic E-state index is 0.155. The van der Waals surface area contributed by atoms with Crippen LogP contribution in [0.2, 0.25) is 0 Å². The first-order valence-corrected chi connectivity index (χ1v) is 10.1. The van der Waals surface area contributed by atoms with Crippen molar-refractivity contribution < 1.29 is 4.79 Å². The molecule has 156 valence electrons. The summed E-state index contributed by atoms with van der Waals surface area (Å²) in [5, 5.41) is 8.98. The molecule has 0 saturated heterocycles. The van der Waals surface area contributed by atoms with Gasteiger partial charge in [-0.1, -0.05) is 6.07 Å². The highest BCUT2D eigenvalue weighted by Gasteiger charge is 2.21. The molecule has 0 spiro atoms. The molecule has 9 nitrogen and oxygen atoms in total. The lowest BCUT2D eigenvalue weighted by atomic mass is 10.2. The molecule has 5 aromatic heterocycles. The number of amides is 1. The first-order chi connectivity index (χ1) is 15.0. The van der Waals surface area contributed by atoms with Gasteiger partial charge < -0.3 is 9.30 Å². The average Bonchev–Trinajstić information content (AvgIpc) is 3.48. The van der Waals surface area contributed by atoms with E-state index in [2.05, 4.69) is 20.2 Å². The third-order valence-electron chi connectivity index (χ3n) is 5.34. The summed E-state index contributed by atoms with van der Waals surface area (Å²) in [6.45, 7) is 5.18. The Bertz CT molecular complexity index is 1380. The van der Waals surface area contributed by atoms with Gasteiger partial charge in [-0.2, -0.15) is 10.2 Å². The highest BCUT2D eigenvalue weighted by Crippen LogP contribution is 2.24. The molecule has 0 aliphatic rings. The van der Waals surface area contributed by atoms with Crippen molar-refractivity contribution in [1.82, 2.24) is 38.7 Å². The highest BCUT2D eigenvalue weighted by atomic mass is 16.2. The number of hydrogen-bond donors (Lipinski definition) is 0. The van der Waals surface area contributed by atoms with Crippen molar-refractivity contribution in [1.29, 1.82) is 0 Å². The molecular formula is C22H22N8O. The van der Waals surface area contributed by atoms with Gasteiger partial charge >= 0.3 is 0 Å². The Morgan fingerprint density at radius 2 is 2.06 bits per heavy atom. The lowest BCUT2D eigenvalue weighted by Crippen LogP contribution is -2.26. The molecular weight excluding hydrogens is 392 g/mol. The van der Waals surface area contributed by atoms with Crippen molar-refractivity contribution in [2.24, 2.45) is 0 Å². The van der Waals surface area contributed by atoms with E-state index >= 15 is 0 Å². The maximum absolute atomic E-state index is 13.2. The molecule has 1 amide bonds. The number of carbonyl (C=O) groups excluding carboxylic acids is 1. The summed E-state index contributed by atoms with van der Waals surface area (Å²) in [4.78, 5) is 23.8. The van der Waals surface area contributed by atoms with E-state index in [4.69, 9.17) is 0 Å². The fourth-order valence-corrected chi connectivity index (χ4v) is 3.76. The predicted octanol–water partition coefficient (Wildman–Crippen LogP) is 2.84. The predicted molar refractivity (Wildman–Crippen MR) is 116 cm³/mol. The molecule has 0 fully saturated rings. The topological polar surface area (TPSA) is 85.6 Å². The molecule has 0 aliphatic carbocycles. The Morgan fingerprint density at radius 1 is 1.19 bits per heavy atom. The zero-order valence-corrected chi connectivity index (χ0v) is 17.6. The van der Waals surface area contributed by atoms with E-state index in [9.17, 15) is 4.79 Å². The Kier molecular flexibility index (Phi) is 4.50. The van der Waals surface area contributed by atoms with E-state index in [1.54, 1.807) is 28.9 Å². The van der Waals surface area contributed by atoms with Crippen LogP contribution in [0.25, 0.3) is 22.6 Å². The molecule has 5 aromatic rings. The summed E-state index contributed by atoms with van der Waals surface area (Å²) in [5.41, 5.74) is 5.36. The normalized spacial score (nSPS) is 11.5. The molecule has 0 aromatic carbocycles. The monoisotopic (exact) mass is 414 g/mol. The minimum atomic E-state index is -0.155. The van der Waals surface area contributed by atoms with Crippen molar-refractivity contribution in [3.8, 4) is 11.3 Å². The summed E-state index contributed by atoms with van der Waals surface area (Å²) in [6, 6.07) is 7.71. The molecule has 0 saturated carbocycles. The maximum atomic E-state index is 13.2. The number of rotatable bonds is 5. The van der Waals surface area contributed by atoms with Crippen molar-refractivity contribution >= 4 is 17.2 Å². The molecule has 31 heavy (non-hydrogen) atoms. The van der Waals surface area contributed by atoms with Crippen molar-refractivity contribution in [2.45, 2.75) is 26.9 Å². The zero-order chi connectivity index (χ0) is 21.5. The number of carbonyl (C=O) groups is 1. The summed E-state index contributed by atoms with van der Waals surface area (Å²) in [6.07, 6.45) is 9.14. The Balaban J connectivity index is 1.47. The number of hydrogen-bond acceptors (Lipinski definition) is 5. The van der Waals surface area contributed by atoms with Crippen LogP contribution in [0.1, 0.15) is 28.7 Å². The fraction of sp³-hybridized carbons (Fsp3) is 0.227. The van der Waals surface area contributed by atoms with E-state index in [-0.39, 0.29) is 5.91 Å². The second kappa shape index (κ2) is 7.35. The van der Waals surface area contributed by atoms with Gasteiger partial charge in [-0.3, -0.25) is 9.48 Å². The van der Waals surface area contributed by atoms with Gasteiger partial charge in [0.1, 0.15) is 11.2 Å². The third-order valence-corrected chi connectivity index (χ3v) is 5.34. The highest BCUT2D eigenvalue weighted by molar-refractivity contribution is 5.99. The molecule has 0 unspecified atom stereocenters. The van der Waals surface area contributed by atoms with Crippen molar-refractivity contribution in [3.63, 3.8) is 0 Å². The van der Waals surface area contributed by atoms with Gasteiger partial charge in [-0.15, -0.1) is 0 Å². The first-order valence-electron chi connectivity index (χ1n) is 10.1. The van der Waals surface area contributed by atoms with Crippen LogP contribution >= 0.6 is 0 Å². The van der Waals surface area contributed by atoms with Crippen LogP contribution in [0.4, 0.5) is 0 Å². The van der Waals surface area contributed by atoms with Crippen molar-refractivity contribution in [2.75, 3.05) is 7.05 Å². The molecule has 0 bridgehead atoms. The molecule has 0 radical (unpaired) electrons. The summed E-state index contributed by atoms with van der Waals surface area (Å²) in [5.74, 6) is -0.155. The number of nitrogens with zero attached hydrogens (tertiary/aromatic N) is 8. The van der Waals surface area contributed by atoms with Crippen LogP contribution in [0.3, 0.4) is 0 Å². The Morgan fingerprint density at radius 3 is 2.84 bits per heavy atom. The molecule has 5 heterocycles. The number of aromatic nitrogens is 7. The largest absolute Gasteiger partial charge is 0.336 e. The van der Waals surface area contributed by atoms with Gasteiger partial charge in [0.25, 0.3) is 5.91 Å². The van der Waals surface area contributed by atoms with Crippen molar-refractivity contribution in [3.05, 3.63) is 72.2 Å². The van der Waals surface area contributed by atoms with E-state index < -0.39 is 0 Å². The van der Waals surface area contributed by atoms with Crippen LogP contribution in [0.15, 0.2) is 55.2 Å². The van der Waals surface area contributed by atoms with E-state index in [0.717, 1.165) is 34.8 Å². The van der Waals surface area contributed by atoms with E-state index in [1.165, 1.54) is 0 Å². The zero-order valence-electron chi connectivity index (χ0n) is 17.6. The van der Waals surface area contributed by atoms with Gasteiger partial charge in [0.05, 0.1) is 29.8 Å². The van der Waals surface area contributed by atoms with Crippen LogP contribution in [0.5, 0.6) is 0 Å². The van der Waals surface area contributed by atoms with Gasteiger partial charge in [0, 0.05) is 43.9 Å². The number of aryl methyl sites for hydroxylation is 2. The van der Waals surface area contributed by atoms with Crippen LogP contribution < -0.4 is 0 Å². The maximum Gasteiger partial charge on any atom is 0.259 e. The lowest BCUT2D eigenvalue weighted by molar-refractivity contribution is 0.0785. The minimum Gasteiger partial charge on any atom is -0.336 e. The second-order valence-electron chi connectivity index (χ2n) is 7.47. The van der Waals surface area contributed by atoms with Gasteiger partial charge in [-0.05, 0) is 32.0 Å². The van der Waals surface area contributed by atoms with Crippen LogP contribution in [-0.4, -0.2) is 51.6 Å². The Labute approximate surface area is 178 Å². The summed E-state index contributed by atoms with van der Waals surface area (Å²) >= 11 is 0. The number of fused-ring (bicyclic) bond motifs is 2. The van der Waals surface area contributed by atoms with Crippen LogP contribution in [-0.2, 0) is 13.1 Å². The molecule has 9 heteroatoms. The number of imidazole rings is 1. The van der Waals surface area contributed by atoms with E-state index in [0.29, 0.717) is 17.8 Å². The molecule has 0 aliphatic heterocycles. The molecule has 0 atom stereocenters. The van der Waals surface area contributed by atoms with E-state index in [1.807, 2.05) is 65.8 Å². The SMILES string of the molecule is CCn1cc(-c2ccnc3c(C(=O)N(C)Cc4cn5ccccc5n4)cnn23)c(C)n1. The second-order valence-corrected chi connectivity index (χ2v) is 7.47. The van der Waals surface area contributed by atoms with Gasteiger partial charge in [0.15, 0.2) is 5.65 Å². The van der Waals surface area contributed by atoms with Gasteiger partial charge in [0.2, 0.25) is 0 Å². The summed E-state index contributed by atoms with van der Waals surface area (Å²) < 4.78 is 5.53. The lowest BCUT2D eigenvalue weighted by Gasteiger charge is -2.14. The molecule has 5 rings (SSSR count). The third kappa shape index (κ3) is 3.24. The smallest absolute Gasteiger partial charge is 0.259 e. The molecule has 0 N–H and O–H groups in total. The number of pyridine rings is 1. The average molecular weight is 414 g/mol. The standard InChI is InChI=1S/C22H22N8O/c1-4-29-14-18(15(2)26-29)19-8-9-23-21-17(11-24-30(19)21)22(31)27(3)12-16-13-28-10-6-5-7-20(28)25-16/h5-11,13-14H,4,12H2,1-3H3. The van der Waals surface area contributed by atoms with Gasteiger partial charge in [-0.25, -0.2) is 14.5 Å². The van der Waals surface area contributed by atoms with Crippen LogP contribution in [0, 0.1) is 6.92 Å². The fourth-order valence-electron chi connectivity index (χ4n) is 3.76. The quantitative estimate of drug-likeness (QED) is 0.441. The first kappa shape index (κ1) is 19.0. The summed E-state index contributed by atoms with van der Waals surface area (Å²) in [7, 11) is 1.76. The Hall–Kier alpha value is -4.01.